The van der Waals surface area contributed by atoms with E-state index in [1.54, 1.807) is 48.7 Å². The monoisotopic (exact) mass is 436 g/mol. The largest absolute Gasteiger partial charge is 0.438 e. The molecule has 1 N–H and O–H groups in total. The summed E-state index contributed by atoms with van der Waals surface area (Å²) in [5.41, 5.74) is 2.14. The van der Waals surface area contributed by atoms with E-state index in [4.69, 9.17) is 4.74 Å². The third-order valence-electron chi connectivity index (χ3n) is 5.02. The van der Waals surface area contributed by atoms with Crippen LogP contribution in [0.4, 0.5) is 5.69 Å². The van der Waals surface area contributed by atoms with Crippen molar-refractivity contribution in [3.8, 4) is 17.7 Å². The molecule has 0 aliphatic heterocycles. The highest BCUT2D eigenvalue weighted by atomic mass is 16.5. The second-order valence-corrected chi connectivity index (χ2v) is 7.42. The molecule has 0 fully saturated rings. The van der Waals surface area contributed by atoms with Crippen LogP contribution in [0.25, 0.3) is 11.7 Å². The van der Waals surface area contributed by atoms with Crippen molar-refractivity contribution in [2.75, 3.05) is 5.32 Å². The SMILES string of the molecule is Cc1ccc(Oc2nc3ccccn3c(=O)c2/C=C(/C#N)C(=O)Nc2ccccc2C)cc1. The summed E-state index contributed by atoms with van der Waals surface area (Å²) < 4.78 is 7.24. The first kappa shape index (κ1) is 21.5. The Hall–Kier alpha value is -4.70. The van der Waals surface area contributed by atoms with Gasteiger partial charge in [-0.15, -0.1) is 0 Å². The Bertz CT molecular complexity index is 1480. The van der Waals surface area contributed by atoms with E-state index >= 15 is 0 Å². The van der Waals surface area contributed by atoms with Crippen LogP contribution in [0.2, 0.25) is 0 Å². The molecule has 0 bridgehead atoms. The van der Waals surface area contributed by atoms with Gasteiger partial charge < -0.3 is 10.1 Å². The van der Waals surface area contributed by atoms with Crippen molar-refractivity contribution in [1.82, 2.24) is 9.38 Å². The number of benzene rings is 2. The lowest BCUT2D eigenvalue weighted by Crippen LogP contribution is -2.20. The van der Waals surface area contributed by atoms with Crippen LogP contribution in [-0.4, -0.2) is 15.3 Å². The van der Waals surface area contributed by atoms with Gasteiger partial charge in [0.25, 0.3) is 11.5 Å². The number of pyridine rings is 1. The first-order valence-electron chi connectivity index (χ1n) is 10.2. The van der Waals surface area contributed by atoms with Crippen molar-refractivity contribution in [2.45, 2.75) is 13.8 Å². The standard InChI is InChI=1S/C26H20N4O3/c1-17-10-12-20(13-11-17)33-25-21(26(32)30-14-6-5-9-23(30)29-25)15-19(16-27)24(31)28-22-8-4-3-7-18(22)2/h3-15H,1-2H3,(H,28,31)/b19-15-. The molecule has 4 rings (SSSR count). The quantitative estimate of drug-likeness (QED) is 0.363. The molecule has 0 saturated heterocycles. The summed E-state index contributed by atoms with van der Waals surface area (Å²) in [6, 6.07) is 21.5. The molecule has 2 aromatic carbocycles. The van der Waals surface area contributed by atoms with E-state index in [9.17, 15) is 14.9 Å². The predicted molar refractivity (Wildman–Crippen MR) is 126 cm³/mol. The Morgan fingerprint density at radius 3 is 2.52 bits per heavy atom. The van der Waals surface area contributed by atoms with Gasteiger partial charge in [0.05, 0.1) is 0 Å². The van der Waals surface area contributed by atoms with Gasteiger partial charge >= 0.3 is 0 Å². The Balaban J connectivity index is 1.81. The summed E-state index contributed by atoms with van der Waals surface area (Å²) in [5, 5.41) is 12.4. The number of fused-ring (bicyclic) bond motifs is 1. The van der Waals surface area contributed by atoms with E-state index < -0.39 is 11.5 Å². The van der Waals surface area contributed by atoms with Crippen molar-refractivity contribution in [2.24, 2.45) is 0 Å². The fraction of sp³-hybridized carbons (Fsp3) is 0.0769. The highest BCUT2D eigenvalue weighted by molar-refractivity contribution is 6.10. The Morgan fingerprint density at radius 2 is 1.79 bits per heavy atom. The molecule has 162 valence electrons. The Labute approximate surface area is 190 Å². The molecule has 0 unspecified atom stereocenters. The van der Waals surface area contributed by atoms with Gasteiger partial charge in [0, 0.05) is 11.9 Å². The number of ether oxygens (including phenoxy) is 1. The molecular formula is C26H20N4O3. The Morgan fingerprint density at radius 1 is 1.06 bits per heavy atom. The van der Waals surface area contributed by atoms with Gasteiger partial charge in [-0.1, -0.05) is 42.0 Å². The minimum absolute atomic E-state index is 0.00393. The number of hydrogen-bond donors (Lipinski definition) is 1. The van der Waals surface area contributed by atoms with Crippen LogP contribution in [-0.2, 0) is 4.79 Å². The van der Waals surface area contributed by atoms with Crippen molar-refractivity contribution in [3.05, 3.63) is 106 Å². The number of anilines is 1. The molecule has 33 heavy (non-hydrogen) atoms. The average Bonchev–Trinajstić information content (AvgIpc) is 2.82. The topological polar surface area (TPSA) is 96.5 Å². The molecule has 0 saturated carbocycles. The maximum atomic E-state index is 13.2. The fourth-order valence-corrected chi connectivity index (χ4v) is 3.20. The van der Waals surface area contributed by atoms with Crippen LogP contribution in [0.15, 0.2) is 83.3 Å². The summed E-state index contributed by atoms with van der Waals surface area (Å²) in [5.74, 6) is -0.151. The number of rotatable bonds is 5. The lowest BCUT2D eigenvalue weighted by molar-refractivity contribution is -0.112. The molecule has 7 heteroatoms. The van der Waals surface area contributed by atoms with Gasteiger partial charge in [-0.25, -0.2) is 0 Å². The second kappa shape index (κ2) is 9.20. The lowest BCUT2D eigenvalue weighted by atomic mass is 10.1. The van der Waals surface area contributed by atoms with E-state index in [-0.39, 0.29) is 17.0 Å². The third-order valence-corrected chi connectivity index (χ3v) is 5.02. The minimum Gasteiger partial charge on any atom is -0.438 e. The number of para-hydroxylation sites is 1. The van der Waals surface area contributed by atoms with Gasteiger partial charge in [0.15, 0.2) is 0 Å². The molecule has 0 spiro atoms. The molecule has 0 aliphatic carbocycles. The first-order valence-corrected chi connectivity index (χ1v) is 10.2. The number of nitrogens with one attached hydrogen (secondary N) is 1. The van der Waals surface area contributed by atoms with E-state index in [0.29, 0.717) is 17.1 Å². The summed E-state index contributed by atoms with van der Waals surface area (Å²) in [7, 11) is 0. The predicted octanol–water partition coefficient (Wildman–Crippen LogP) is 4.65. The molecule has 0 radical (unpaired) electrons. The van der Waals surface area contributed by atoms with Gasteiger partial charge in [0.2, 0.25) is 5.88 Å². The zero-order valence-electron chi connectivity index (χ0n) is 18.1. The fourth-order valence-electron chi connectivity index (χ4n) is 3.20. The smallest absolute Gasteiger partial charge is 0.269 e. The molecule has 7 nitrogen and oxygen atoms in total. The van der Waals surface area contributed by atoms with Crippen molar-refractivity contribution in [3.63, 3.8) is 0 Å². The number of aryl methyl sites for hydroxylation is 2. The van der Waals surface area contributed by atoms with Crippen molar-refractivity contribution in [1.29, 1.82) is 5.26 Å². The van der Waals surface area contributed by atoms with E-state index in [0.717, 1.165) is 11.1 Å². The first-order chi connectivity index (χ1) is 16.0. The van der Waals surface area contributed by atoms with Crippen molar-refractivity contribution < 1.29 is 9.53 Å². The van der Waals surface area contributed by atoms with Crippen LogP contribution in [0.5, 0.6) is 11.6 Å². The Kier molecular flexibility index (Phi) is 6.00. The molecular weight excluding hydrogens is 416 g/mol. The van der Waals surface area contributed by atoms with E-state index in [1.807, 2.05) is 44.2 Å². The van der Waals surface area contributed by atoms with Crippen LogP contribution < -0.4 is 15.6 Å². The summed E-state index contributed by atoms with van der Waals surface area (Å²) in [4.78, 5) is 30.5. The number of carbonyl (C=O) groups excluding carboxylic acids is 1. The number of amides is 1. The van der Waals surface area contributed by atoms with Crippen LogP contribution in [0, 0.1) is 25.2 Å². The zero-order valence-corrected chi connectivity index (χ0v) is 18.1. The highest BCUT2D eigenvalue weighted by Crippen LogP contribution is 2.24. The molecule has 2 heterocycles. The molecule has 0 atom stereocenters. The number of hydrogen-bond acceptors (Lipinski definition) is 5. The van der Waals surface area contributed by atoms with Crippen LogP contribution >= 0.6 is 0 Å². The molecule has 1 amide bonds. The summed E-state index contributed by atoms with van der Waals surface area (Å²) in [6.07, 6.45) is 2.78. The molecule has 0 aliphatic rings. The summed E-state index contributed by atoms with van der Waals surface area (Å²) >= 11 is 0. The zero-order chi connectivity index (χ0) is 23.4. The maximum Gasteiger partial charge on any atom is 0.269 e. The van der Waals surface area contributed by atoms with Gasteiger partial charge in [0.1, 0.15) is 28.6 Å². The maximum absolute atomic E-state index is 13.2. The molecule has 2 aromatic heterocycles. The average molecular weight is 436 g/mol. The van der Waals surface area contributed by atoms with Gasteiger partial charge in [-0.3, -0.25) is 14.0 Å². The second-order valence-electron chi connectivity index (χ2n) is 7.42. The summed E-state index contributed by atoms with van der Waals surface area (Å²) in [6.45, 7) is 3.80. The minimum atomic E-state index is -0.634. The van der Waals surface area contributed by atoms with E-state index in [1.165, 1.54) is 10.5 Å². The number of nitriles is 1. The number of aromatic nitrogens is 2. The van der Waals surface area contributed by atoms with Crippen LogP contribution in [0.1, 0.15) is 16.7 Å². The number of carbonyl (C=O) groups is 1. The lowest BCUT2D eigenvalue weighted by Gasteiger charge is -2.11. The van der Waals surface area contributed by atoms with Crippen molar-refractivity contribution >= 4 is 23.3 Å². The number of nitrogens with zero attached hydrogens (tertiary/aromatic N) is 3. The highest BCUT2D eigenvalue weighted by Gasteiger charge is 2.18. The van der Waals surface area contributed by atoms with Gasteiger partial charge in [-0.05, 0) is 55.8 Å². The third kappa shape index (κ3) is 4.65. The van der Waals surface area contributed by atoms with Gasteiger partial charge in [-0.2, -0.15) is 10.2 Å². The molecule has 4 aromatic rings. The normalized spacial score (nSPS) is 11.1. The van der Waals surface area contributed by atoms with E-state index in [2.05, 4.69) is 10.3 Å². The van der Waals surface area contributed by atoms with Crippen LogP contribution in [0.3, 0.4) is 0 Å².